The number of nitrogens with two attached hydrogens (primary N) is 1. The van der Waals surface area contributed by atoms with Gasteiger partial charge in [-0.2, -0.15) is 0 Å². The van der Waals surface area contributed by atoms with E-state index in [1.54, 1.807) is 0 Å². The van der Waals surface area contributed by atoms with Gasteiger partial charge in [-0.25, -0.2) is 0 Å². The van der Waals surface area contributed by atoms with Crippen LogP contribution in [-0.4, -0.2) is 43.2 Å². The third-order valence-electron chi connectivity index (χ3n) is 4.53. The molecule has 1 amide bonds. The number of hydrogen-bond acceptors (Lipinski definition) is 4. The Morgan fingerprint density at radius 2 is 2.00 bits per heavy atom. The summed E-state index contributed by atoms with van der Waals surface area (Å²) in [5.74, 6) is 0.126. The standard InChI is InChI=1S/C18H29N3O2.ClH/c1-3-14(2)17(19)18(22)20-12-15-5-4-6-16(11-15)13-21-7-9-23-10-8-21;/h4-6,11,14,17H,3,7-10,12-13,19H2,1-2H3,(H,20,22);1H. The minimum atomic E-state index is -0.434. The number of benzene rings is 1. The third-order valence-corrected chi connectivity index (χ3v) is 4.53. The lowest BCUT2D eigenvalue weighted by Gasteiger charge is -2.26. The molecule has 0 radical (unpaired) electrons. The van der Waals surface area contributed by atoms with E-state index in [1.165, 1.54) is 5.56 Å². The zero-order valence-corrected chi connectivity index (χ0v) is 15.5. The third kappa shape index (κ3) is 6.40. The fourth-order valence-electron chi connectivity index (χ4n) is 2.67. The topological polar surface area (TPSA) is 67.6 Å². The Labute approximate surface area is 151 Å². The molecule has 0 saturated carbocycles. The van der Waals surface area contributed by atoms with Crippen molar-refractivity contribution >= 4 is 18.3 Å². The Morgan fingerprint density at radius 1 is 1.33 bits per heavy atom. The summed E-state index contributed by atoms with van der Waals surface area (Å²) >= 11 is 0. The van der Waals surface area contributed by atoms with Crippen molar-refractivity contribution in [1.82, 2.24) is 10.2 Å². The van der Waals surface area contributed by atoms with Crippen molar-refractivity contribution < 1.29 is 9.53 Å². The van der Waals surface area contributed by atoms with E-state index in [0.29, 0.717) is 6.54 Å². The highest BCUT2D eigenvalue weighted by Gasteiger charge is 2.18. The zero-order valence-electron chi connectivity index (χ0n) is 14.7. The van der Waals surface area contributed by atoms with Crippen LogP contribution in [0.15, 0.2) is 24.3 Å². The van der Waals surface area contributed by atoms with Gasteiger partial charge in [-0.1, -0.05) is 44.5 Å². The monoisotopic (exact) mass is 355 g/mol. The van der Waals surface area contributed by atoms with Crippen LogP contribution >= 0.6 is 12.4 Å². The largest absolute Gasteiger partial charge is 0.379 e. The molecule has 0 aliphatic carbocycles. The van der Waals surface area contributed by atoms with Crippen LogP contribution in [0, 0.1) is 5.92 Å². The number of hydrogen-bond donors (Lipinski definition) is 2. The quantitative estimate of drug-likeness (QED) is 0.784. The molecule has 5 nitrogen and oxygen atoms in total. The van der Waals surface area contributed by atoms with Gasteiger partial charge >= 0.3 is 0 Å². The average Bonchev–Trinajstić information content (AvgIpc) is 2.59. The SMILES string of the molecule is CCC(C)C(N)C(=O)NCc1cccc(CN2CCOCC2)c1.Cl. The lowest BCUT2D eigenvalue weighted by molar-refractivity contribution is -0.123. The molecule has 1 fully saturated rings. The van der Waals surface area contributed by atoms with Gasteiger partial charge in [0, 0.05) is 26.2 Å². The number of nitrogens with one attached hydrogen (secondary N) is 1. The summed E-state index contributed by atoms with van der Waals surface area (Å²) in [6.07, 6.45) is 0.906. The summed E-state index contributed by atoms with van der Waals surface area (Å²) < 4.78 is 5.38. The van der Waals surface area contributed by atoms with E-state index in [4.69, 9.17) is 10.5 Å². The van der Waals surface area contributed by atoms with Gasteiger partial charge in [0.15, 0.2) is 0 Å². The first kappa shape index (κ1) is 20.9. The second-order valence-corrected chi connectivity index (χ2v) is 6.34. The van der Waals surface area contributed by atoms with Crippen molar-refractivity contribution in [1.29, 1.82) is 0 Å². The van der Waals surface area contributed by atoms with Crippen LogP contribution in [-0.2, 0) is 22.6 Å². The number of carbonyl (C=O) groups is 1. The molecule has 136 valence electrons. The maximum atomic E-state index is 12.1. The summed E-state index contributed by atoms with van der Waals surface area (Å²) in [6, 6.07) is 7.94. The highest BCUT2D eigenvalue weighted by molar-refractivity contribution is 5.85. The summed E-state index contributed by atoms with van der Waals surface area (Å²) in [4.78, 5) is 14.4. The van der Waals surface area contributed by atoms with Gasteiger partial charge in [0.05, 0.1) is 19.3 Å². The van der Waals surface area contributed by atoms with Crippen molar-refractivity contribution in [3.63, 3.8) is 0 Å². The highest BCUT2D eigenvalue weighted by Crippen LogP contribution is 2.10. The predicted molar refractivity (Wildman–Crippen MR) is 99.1 cm³/mol. The van der Waals surface area contributed by atoms with Gasteiger partial charge in [-0.3, -0.25) is 9.69 Å². The smallest absolute Gasteiger partial charge is 0.237 e. The Balaban J connectivity index is 0.00000288. The van der Waals surface area contributed by atoms with Crippen LogP contribution in [0.1, 0.15) is 31.4 Å². The molecular weight excluding hydrogens is 326 g/mol. The van der Waals surface area contributed by atoms with Gasteiger partial charge in [0.2, 0.25) is 5.91 Å². The molecule has 1 aromatic rings. The second-order valence-electron chi connectivity index (χ2n) is 6.34. The van der Waals surface area contributed by atoms with E-state index in [2.05, 4.69) is 22.3 Å². The molecule has 0 bridgehead atoms. The van der Waals surface area contributed by atoms with Crippen LogP contribution < -0.4 is 11.1 Å². The predicted octanol–water partition coefficient (Wildman–Crippen LogP) is 1.93. The highest BCUT2D eigenvalue weighted by atomic mass is 35.5. The van der Waals surface area contributed by atoms with Crippen LogP contribution in [0.4, 0.5) is 0 Å². The summed E-state index contributed by atoms with van der Waals surface area (Å²) in [5, 5.41) is 2.95. The minimum absolute atomic E-state index is 0. The van der Waals surface area contributed by atoms with Crippen LogP contribution in [0.5, 0.6) is 0 Å². The van der Waals surface area contributed by atoms with Crippen molar-refractivity contribution in [2.45, 2.75) is 39.4 Å². The molecule has 1 saturated heterocycles. The van der Waals surface area contributed by atoms with Crippen molar-refractivity contribution in [2.75, 3.05) is 26.3 Å². The molecule has 1 aromatic carbocycles. The van der Waals surface area contributed by atoms with Gasteiger partial charge in [-0.05, 0) is 17.0 Å². The molecule has 0 spiro atoms. The van der Waals surface area contributed by atoms with Gasteiger partial charge in [-0.15, -0.1) is 12.4 Å². The molecule has 1 aliphatic heterocycles. The number of amides is 1. The average molecular weight is 356 g/mol. The van der Waals surface area contributed by atoms with Crippen molar-refractivity contribution in [3.05, 3.63) is 35.4 Å². The van der Waals surface area contributed by atoms with Crippen molar-refractivity contribution in [2.24, 2.45) is 11.7 Å². The Bertz CT molecular complexity index is 507. The zero-order chi connectivity index (χ0) is 16.7. The Morgan fingerprint density at radius 3 is 2.67 bits per heavy atom. The number of morpholine rings is 1. The summed E-state index contributed by atoms with van der Waals surface area (Å²) in [5.41, 5.74) is 8.34. The first-order valence-corrected chi connectivity index (χ1v) is 8.51. The molecule has 2 rings (SSSR count). The number of carbonyl (C=O) groups excluding carboxylic acids is 1. The molecule has 0 aromatic heterocycles. The molecule has 2 unspecified atom stereocenters. The fourth-order valence-corrected chi connectivity index (χ4v) is 2.67. The van der Waals surface area contributed by atoms with E-state index in [-0.39, 0.29) is 24.2 Å². The Kier molecular flexibility index (Phi) is 9.29. The summed E-state index contributed by atoms with van der Waals surface area (Å²) in [6.45, 7) is 9.08. The molecule has 2 atom stereocenters. The first-order chi connectivity index (χ1) is 11.1. The molecule has 3 N–H and O–H groups in total. The van der Waals surface area contributed by atoms with E-state index in [1.807, 2.05) is 26.0 Å². The second kappa shape index (κ2) is 10.7. The van der Waals surface area contributed by atoms with Crippen LogP contribution in [0.25, 0.3) is 0 Å². The number of rotatable bonds is 7. The molecular formula is C18H30ClN3O2. The van der Waals surface area contributed by atoms with E-state index < -0.39 is 6.04 Å². The van der Waals surface area contributed by atoms with E-state index in [0.717, 1.165) is 44.8 Å². The van der Waals surface area contributed by atoms with Gasteiger partial charge in [0.25, 0.3) is 0 Å². The minimum Gasteiger partial charge on any atom is -0.379 e. The summed E-state index contributed by atoms with van der Waals surface area (Å²) in [7, 11) is 0. The maximum Gasteiger partial charge on any atom is 0.237 e. The molecule has 1 heterocycles. The fraction of sp³-hybridized carbons (Fsp3) is 0.611. The number of halogens is 1. The molecule has 6 heteroatoms. The number of ether oxygens (including phenoxy) is 1. The lowest BCUT2D eigenvalue weighted by atomic mass is 9.99. The number of nitrogens with zero attached hydrogens (tertiary/aromatic N) is 1. The van der Waals surface area contributed by atoms with Gasteiger partial charge in [0.1, 0.15) is 0 Å². The van der Waals surface area contributed by atoms with Gasteiger partial charge < -0.3 is 15.8 Å². The lowest BCUT2D eigenvalue weighted by Crippen LogP contribution is -2.44. The van der Waals surface area contributed by atoms with Crippen LogP contribution in [0.3, 0.4) is 0 Å². The maximum absolute atomic E-state index is 12.1. The first-order valence-electron chi connectivity index (χ1n) is 8.51. The van der Waals surface area contributed by atoms with E-state index in [9.17, 15) is 4.79 Å². The van der Waals surface area contributed by atoms with Crippen molar-refractivity contribution in [3.8, 4) is 0 Å². The van der Waals surface area contributed by atoms with Crippen LogP contribution in [0.2, 0.25) is 0 Å². The normalized spacial score (nSPS) is 17.6. The molecule has 1 aliphatic rings. The molecule has 24 heavy (non-hydrogen) atoms. The Hall–Kier alpha value is -1.14. The van der Waals surface area contributed by atoms with E-state index >= 15 is 0 Å².